The number of rotatable bonds is 4. The predicted molar refractivity (Wildman–Crippen MR) is 97.3 cm³/mol. The number of nitrogens with one attached hydrogen (secondary N) is 1. The first-order valence-corrected chi connectivity index (χ1v) is 8.22. The zero-order valence-electron chi connectivity index (χ0n) is 14.2. The zero-order valence-corrected chi connectivity index (χ0v) is 14.2. The van der Waals surface area contributed by atoms with Crippen molar-refractivity contribution in [2.75, 3.05) is 0 Å². The van der Waals surface area contributed by atoms with E-state index in [1.807, 2.05) is 0 Å². The smallest absolute Gasteiger partial charge is 0.152 e. The zero-order chi connectivity index (χ0) is 16.6. The van der Waals surface area contributed by atoms with Gasteiger partial charge in [0.25, 0.3) is 0 Å². The molecule has 0 bridgehead atoms. The van der Waals surface area contributed by atoms with Crippen LogP contribution in [0.15, 0.2) is 42.5 Å². The molecule has 0 atom stereocenters. The average Bonchev–Trinajstić information content (AvgIpc) is 2.92. The second kappa shape index (κ2) is 6.04. The van der Waals surface area contributed by atoms with Gasteiger partial charge >= 0.3 is 0 Å². The van der Waals surface area contributed by atoms with Crippen LogP contribution in [-0.4, -0.2) is 11.3 Å². The number of fused-ring (bicyclic) bond motifs is 1. The summed E-state index contributed by atoms with van der Waals surface area (Å²) < 4.78 is 0. The molecule has 0 spiro atoms. The fourth-order valence-corrected chi connectivity index (χ4v) is 2.97. The molecule has 2 heteroatoms. The highest BCUT2D eigenvalue weighted by molar-refractivity contribution is 6.04. The summed E-state index contributed by atoms with van der Waals surface area (Å²) in [6.07, 6.45) is 0.967. The van der Waals surface area contributed by atoms with Gasteiger partial charge in [-0.1, -0.05) is 58.0 Å². The van der Waals surface area contributed by atoms with E-state index in [2.05, 4.69) is 75.1 Å². The van der Waals surface area contributed by atoms with Crippen LogP contribution in [0.3, 0.4) is 0 Å². The summed E-state index contributed by atoms with van der Waals surface area (Å²) in [6.45, 7) is 8.70. The summed E-state index contributed by atoms with van der Waals surface area (Å²) in [5, 5.41) is 1.01. The van der Waals surface area contributed by atoms with Crippen molar-refractivity contribution >= 4 is 17.2 Å². The Morgan fingerprint density at radius 2 is 1.48 bits per heavy atom. The lowest BCUT2D eigenvalue weighted by Gasteiger charge is -2.06. The van der Waals surface area contributed by atoms with Crippen LogP contribution in [0.2, 0.25) is 0 Å². The molecule has 0 aliphatic carbocycles. The van der Waals surface area contributed by atoms with Gasteiger partial charge in [0, 0.05) is 16.5 Å². The Labute approximate surface area is 137 Å². The first-order chi connectivity index (χ1) is 11.0. The lowest BCUT2D eigenvalue weighted by molar-refractivity contribution is 0.112. The van der Waals surface area contributed by atoms with Crippen LogP contribution in [0.4, 0.5) is 0 Å². The van der Waals surface area contributed by atoms with Gasteiger partial charge in [0.05, 0.1) is 5.69 Å². The normalized spacial score (nSPS) is 11.6. The van der Waals surface area contributed by atoms with Gasteiger partial charge in [0.15, 0.2) is 6.29 Å². The minimum atomic E-state index is 0.447. The van der Waals surface area contributed by atoms with Crippen LogP contribution >= 0.6 is 0 Å². The van der Waals surface area contributed by atoms with Crippen LogP contribution in [0, 0.1) is 0 Å². The number of aldehydes is 1. The monoisotopic (exact) mass is 305 g/mol. The lowest BCUT2D eigenvalue weighted by atomic mass is 9.98. The van der Waals surface area contributed by atoms with Gasteiger partial charge in [0.1, 0.15) is 0 Å². The van der Waals surface area contributed by atoms with Crippen molar-refractivity contribution in [1.82, 2.24) is 4.98 Å². The Hall–Kier alpha value is -2.35. The molecule has 2 aromatic carbocycles. The highest BCUT2D eigenvalue weighted by atomic mass is 16.1. The van der Waals surface area contributed by atoms with Crippen molar-refractivity contribution in [3.8, 4) is 11.3 Å². The molecule has 1 N–H and O–H groups in total. The molecule has 1 heterocycles. The molecule has 0 amide bonds. The van der Waals surface area contributed by atoms with Crippen molar-refractivity contribution in [2.24, 2.45) is 0 Å². The van der Waals surface area contributed by atoms with Gasteiger partial charge in [-0.05, 0) is 40.7 Å². The van der Waals surface area contributed by atoms with E-state index in [1.165, 1.54) is 11.1 Å². The molecular formula is C21H23NO. The number of hydrogen-bond acceptors (Lipinski definition) is 1. The first kappa shape index (κ1) is 15.5. The highest BCUT2D eigenvalue weighted by Gasteiger charge is 2.14. The maximum atomic E-state index is 11.7. The quantitative estimate of drug-likeness (QED) is 0.598. The summed E-state index contributed by atoms with van der Waals surface area (Å²) in [6, 6.07) is 14.8. The summed E-state index contributed by atoms with van der Waals surface area (Å²) in [4.78, 5) is 15.1. The molecular weight excluding hydrogens is 282 g/mol. The molecule has 0 saturated carbocycles. The third-order valence-corrected chi connectivity index (χ3v) is 4.51. The van der Waals surface area contributed by atoms with Crippen LogP contribution in [0.5, 0.6) is 0 Å². The van der Waals surface area contributed by atoms with Gasteiger partial charge in [-0.3, -0.25) is 4.79 Å². The first-order valence-electron chi connectivity index (χ1n) is 8.22. The SMILES string of the molecule is CC(C)c1ccc(-c2[nH]c3ccc(C(C)C)cc3c2C=O)cc1. The van der Waals surface area contributed by atoms with Crippen LogP contribution in [-0.2, 0) is 0 Å². The highest BCUT2D eigenvalue weighted by Crippen LogP contribution is 2.32. The number of H-pyrrole nitrogens is 1. The number of aromatic amines is 1. The molecule has 0 aliphatic heterocycles. The van der Waals surface area contributed by atoms with Crippen molar-refractivity contribution in [2.45, 2.75) is 39.5 Å². The maximum Gasteiger partial charge on any atom is 0.152 e. The van der Waals surface area contributed by atoms with E-state index in [0.717, 1.165) is 34.0 Å². The number of carbonyl (C=O) groups excluding carboxylic acids is 1. The molecule has 118 valence electrons. The fourth-order valence-electron chi connectivity index (χ4n) is 2.97. The van der Waals surface area contributed by atoms with Gasteiger partial charge in [0.2, 0.25) is 0 Å². The van der Waals surface area contributed by atoms with E-state index in [4.69, 9.17) is 0 Å². The Morgan fingerprint density at radius 3 is 2.04 bits per heavy atom. The van der Waals surface area contributed by atoms with E-state index in [1.54, 1.807) is 0 Å². The average molecular weight is 305 g/mol. The van der Waals surface area contributed by atoms with Gasteiger partial charge in [-0.2, -0.15) is 0 Å². The van der Waals surface area contributed by atoms with Crippen molar-refractivity contribution in [3.05, 3.63) is 59.2 Å². The van der Waals surface area contributed by atoms with Crippen LogP contribution in [0.25, 0.3) is 22.2 Å². The molecule has 0 saturated heterocycles. The molecule has 1 aromatic heterocycles. The fraction of sp³-hybridized carbons (Fsp3) is 0.286. The third-order valence-electron chi connectivity index (χ3n) is 4.51. The Morgan fingerprint density at radius 1 is 0.870 bits per heavy atom. The van der Waals surface area contributed by atoms with E-state index in [0.29, 0.717) is 11.8 Å². The van der Waals surface area contributed by atoms with Gasteiger partial charge in [-0.15, -0.1) is 0 Å². The van der Waals surface area contributed by atoms with Crippen LogP contribution in [0.1, 0.15) is 61.0 Å². The van der Waals surface area contributed by atoms with Gasteiger partial charge < -0.3 is 4.98 Å². The summed E-state index contributed by atoms with van der Waals surface area (Å²) >= 11 is 0. The number of aromatic nitrogens is 1. The van der Waals surface area contributed by atoms with Crippen molar-refractivity contribution in [1.29, 1.82) is 0 Å². The maximum absolute atomic E-state index is 11.7. The molecule has 0 unspecified atom stereocenters. The summed E-state index contributed by atoms with van der Waals surface area (Å²) in [5.41, 5.74) is 6.28. The minimum absolute atomic E-state index is 0.447. The topological polar surface area (TPSA) is 32.9 Å². The Bertz CT molecular complexity index is 838. The summed E-state index contributed by atoms with van der Waals surface area (Å²) in [7, 11) is 0. The van der Waals surface area contributed by atoms with Crippen molar-refractivity contribution in [3.63, 3.8) is 0 Å². The second-order valence-electron chi connectivity index (χ2n) is 6.77. The molecule has 3 aromatic rings. The van der Waals surface area contributed by atoms with Crippen molar-refractivity contribution < 1.29 is 4.79 Å². The van der Waals surface area contributed by atoms with E-state index in [-0.39, 0.29) is 0 Å². The Balaban J connectivity index is 2.15. The molecule has 2 nitrogen and oxygen atoms in total. The molecule has 0 radical (unpaired) electrons. The number of benzene rings is 2. The molecule has 23 heavy (non-hydrogen) atoms. The third kappa shape index (κ3) is 2.81. The predicted octanol–water partition coefficient (Wildman–Crippen LogP) is 5.89. The standard InChI is InChI=1S/C21H23NO/c1-13(2)15-5-7-16(8-6-15)21-19(12-23)18-11-17(14(3)4)9-10-20(18)22-21/h5-14,22H,1-4H3. The molecule has 0 aliphatic rings. The van der Waals surface area contributed by atoms with E-state index in [9.17, 15) is 4.79 Å². The van der Waals surface area contributed by atoms with E-state index >= 15 is 0 Å². The largest absolute Gasteiger partial charge is 0.354 e. The molecule has 3 rings (SSSR count). The number of carbonyl (C=O) groups is 1. The Kier molecular flexibility index (Phi) is 4.08. The van der Waals surface area contributed by atoms with Gasteiger partial charge in [-0.25, -0.2) is 0 Å². The lowest BCUT2D eigenvalue weighted by Crippen LogP contribution is -1.89. The van der Waals surface area contributed by atoms with E-state index < -0.39 is 0 Å². The molecule has 0 fully saturated rings. The van der Waals surface area contributed by atoms with Crippen LogP contribution < -0.4 is 0 Å². The summed E-state index contributed by atoms with van der Waals surface area (Å²) in [5.74, 6) is 0.952. The second-order valence-corrected chi connectivity index (χ2v) is 6.77. The minimum Gasteiger partial charge on any atom is -0.354 e. The number of hydrogen-bond donors (Lipinski definition) is 1.